The van der Waals surface area contributed by atoms with Gasteiger partial charge in [-0.15, -0.1) is 0 Å². The van der Waals surface area contributed by atoms with E-state index in [0.29, 0.717) is 18.1 Å². The van der Waals surface area contributed by atoms with Gasteiger partial charge in [0.15, 0.2) is 0 Å². The first kappa shape index (κ1) is 20.3. The van der Waals surface area contributed by atoms with Gasteiger partial charge in [0.05, 0.1) is 11.3 Å². The summed E-state index contributed by atoms with van der Waals surface area (Å²) in [5.74, 6) is -0.0658. The zero-order chi connectivity index (χ0) is 21.3. The second kappa shape index (κ2) is 8.02. The van der Waals surface area contributed by atoms with Crippen LogP contribution in [0.15, 0.2) is 29.3 Å². The van der Waals surface area contributed by atoms with Crippen molar-refractivity contribution in [1.29, 1.82) is 0 Å². The summed E-state index contributed by atoms with van der Waals surface area (Å²) in [6, 6.07) is 5.08. The number of halogens is 3. The molecule has 4 N–H and O–H groups in total. The largest absolute Gasteiger partial charge is 0.416 e. The summed E-state index contributed by atoms with van der Waals surface area (Å²) in [6.07, 6.45) is 0.862. The highest BCUT2D eigenvalue weighted by Gasteiger charge is 2.31. The van der Waals surface area contributed by atoms with E-state index in [-0.39, 0.29) is 29.2 Å². The molecule has 0 atom stereocenters. The Morgan fingerprint density at radius 1 is 1.10 bits per heavy atom. The molecule has 1 aromatic carbocycles. The van der Waals surface area contributed by atoms with Crippen LogP contribution in [0.5, 0.6) is 0 Å². The topological polar surface area (TPSA) is 105 Å². The average Bonchev–Trinajstić information content (AvgIpc) is 2.69. The molecule has 0 unspecified atom stereocenters. The maximum absolute atomic E-state index is 13.0. The van der Waals surface area contributed by atoms with Gasteiger partial charge in [-0.3, -0.25) is 4.79 Å². The molecule has 0 spiro atoms. The highest BCUT2D eigenvalue weighted by Crippen LogP contribution is 2.32. The minimum atomic E-state index is -4.47. The Labute approximate surface area is 171 Å². The van der Waals surface area contributed by atoms with E-state index in [0.717, 1.165) is 37.8 Å². The van der Waals surface area contributed by atoms with Gasteiger partial charge in [0, 0.05) is 30.4 Å². The lowest BCUT2D eigenvalue weighted by molar-refractivity contribution is -0.137. The first-order valence-corrected chi connectivity index (χ1v) is 9.74. The van der Waals surface area contributed by atoms with E-state index >= 15 is 0 Å². The summed E-state index contributed by atoms with van der Waals surface area (Å²) in [4.78, 5) is 25.0. The smallest absolute Gasteiger partial charge is 0.351 e. The van der Waals surface area contributed by atoms with Gasteiger partial charge in [-0.25, -0.2) is 9.98 Å². The molecular weight excluding hydrogens is 397 g/mol. The molecule has 30 heavy (non-hydrogen) atoms. The SMILES string of the molecule is NC1CCC(Nc2nc3c(c(Nc4cccc(C(F)(F)F)c4)n2)C(=O)N=CC3)CC1. The van der Waals surface area contributed by atoms with Crippen LogP contribution in [-0.4, -0.2) is 34.2 Å². The molecule has 2 aliphatic rings. The fourth-order valence-electron chi connectivity index (χ4n) is 3.67. The lowest BCUT2D eigenvalue weighted by Crippen LogP contribution is -2.33. The number of amides is 1. The maximum atomic E-state index is 13.0. The van der Waals surface area contributed by atoms with Gasteiger partial charge in [0.25, 0.3) is 5.91 Å². The van der Waals surface area contributed by atoms with Crippen molar-refractivity contribution in [2.75, 3.05) is 10.6 Å². The molecule has 1 aliphatic heterocycles. The van der Waals surface area contributed by atoms with Crippen LogP contribution in [0.3, 0.4) is 0 Å². The highest BCUT2D eigenvalue weighted by molar-refractivity contribution is 6.07. The van der Waals surface area contributed by atoms with Crippen LogP contribution in [0.2, 0.25) is 0 Å². The van der Waals surface area contributed by atoms with Gasteiger partial charge in [-0.05, 0) is 43.9 Å². The van der Waals surface area contributed by atoms with Crippen molar-refractivity contribution in [1.82, 2.24) is 9.97 Å². The van der Waals surface area contributed by atoms with Crippen LogP contribution in [0, 0.1) is 0 Å². The maximum Gasteiger partial charge on any atom is 0.416 e. The fourth-order valence-corrected chi connectivity index (χ4v) is 3.67. The first-order chi connectivity index (χ1) is 14.3. The van der Waals surface area contributed by atoms with E-state index in [9.17, 15) is 18.0 Å². The number of carbonyl (C=O) groups is 1. The third kappa shape index (κ3) is 4.43. The number of aromatic nitrogens is 2. The number of alkyl halides is 3. The molecule has 4 rings (SSSR count). The Bertz CT molecular complexity index is 983. The average molecular weight is 418 g/mol. The second-order valence-corrected chi connectivity index (χ2v) is 7.50. The molecule has 0 saturated heterocycles. The number of hydrogen-bond donors (Lipinski definition) is 3. The Balaban J connectivity index is 1.65. The number of anilines is 3. The predicted octanol–water partition coefficient (Wildman–Crippen LogP) is 3.69. The number of hydrogen-bond acceptors (Lipinski definition) is 6. The zero-order valence-electron chi connectivity index (χ0n) is 16.0. The number of nitrogens with zero attached hydrogens (tertiary/aromatic N) is 3. The standard InChI is InChI=1S/C20H21F3N6O/c21-20(22,23)11-2-1-3-14(10-11)26-17-16-15(8-9-25-18(16)30)28-19(29-17)27-13-6-4-12(24)5-7-13/h1-3,9-10,12-13H,4-8,24H2,(H2,26,27,28,29). The summed E-state index contributed by atoms with van der Waals surface area (Å²) in [7, 11) is 0. The zero-order valence-corrected chi connectivity index (χ0v) is 16.0. The molecule has 1 aliphatic carbocycles. The Kier molecular flexibility index (Phi) is 5.42. The lowest BCUT2D eigenvalue weighted by Gasteiger charge is -2.27. The van der Waals surface area contributed by atoms with Crippen molar-refractivity contribution < 1.29 is 18.0 Å². The number of nitrogens with two attached hydrogens (primary N) is 1. The Hall–Kier alpha value is -3.01. The number of aliphatic imine (C=N–C) groups is 1. The third-order valence-corrected chi connectivity index (χ3v) is 5.25. The number of benzene rings is 1. The van der Waals surface area contributed by atoms with Gasteiger partial charge in [0.1, 0.15) is 11.4 Å². The normalized spacial score (nSPS) is 21.3. The molecule has 7 nitrogen and oxygen atoms in total. The quantitative estimate of drug-likeness (QED) is 0.700. The monoisotopic (exact) mass is 418 g/mol. The van der Waals surface area contributed by atoms with Crippen molar-refractivity contribution in [2.45, 2.75) is 50.4 Å². The molecular formula is C20H21F3N6O. The molecule has 158 valence electrons. The molecule has 2 heterocycles. The highest BCUT2D eigenvalue weighted by atomic mass is 19.4. The fraction of sp³-hybridized carbons (Fsp3) is 0.400. The Morgan fingerprint density at radius 2 is 1.87 bits per heavy atom. The minimum Gasteiger partial charge on any atom is -0.351 e. The van der Waals surface area contributed by atoms with Crippen LogP contribution in [0.25, 0.3) is 0 Å². The van der Waals surface area contributed by atoms with E-state index in [1.54, 1.807) is 0 Å². The van der Waals surface area contributed by atoms with Gasteiger partial charge >= 0.3 is 6.18 Å². The van der Waals surface area contributed by atoms with Crippen molar-refractivity contribution in [3.63, 3.8) is 0 Å². The van der Waals surface area contributed by atoms with E-state index in [4.69, 9.17) is 5.73 Å². The summed E-state index contributed by atoms with van der Waals surface area (Å²) >= 11 is 0. The lowest BCUT2D eigenvalue weighted by atomic mass is 9.92. The summed E-state index contributed by atoms with van der Waals surface area (Å²) in [5, 5.41) is 6.13. The Morgan fingerprint density at radius 3 is 2.60 bits per heavy atom. The van der Waals surface area contributed by atoms with Crippen LogP contribution in [-0.2, 0) is 12.6 Å². The molecule has 10 heteroatoms. The van der Waals surface area contributed by atoms with Gasteiger partial charge < -0.3 is 16.4 Å². The van der Waals surface area contributed by atoms with Gasteiger partial charge in [-0.2, -0.15) is 18.2 Å². The van der Waals surface area contributed by atoms with Crippen molar-refractivity contribution in [3.05, 3.63) is 41.1 Å². The molecule has 1 fully saturated rings. The molecule has 0 bridgehead atoms. The van der Waals surface area contributed by atoms with E-state index in [2.05, 4.69) is 25.6 Å². The molecule has 2 aromatic rings. The number of fused-ring (bicyclic) bond motifs is 1. The van der Waals surface area contributed by atoms with Crippen molar-refractivity contribution in [2.24, 2.45) is 10.7 Å². The van der Waals surface area contributed by atoms with Crippen LogP contribution in [0.4, 0.5) is 30.6 Å². The molecule has 1 aromatic heterocycles. The molecule has 1 amide bonds. The van der Waals surface area contributed by atoms with Crippen LogP contribution in [0.1, 0.15) is 47.3 Å². The van der Waals surface area contributed by atoms with E-state index < -0.39 is 17.6 Å². The van der Waals surface area contributed by atoms with Gasteiger partial charge in [-0.1, -0.05) is 6.07 Å². The number of nitrogens with one attached hydrogen (secondary N) is 2. The van der Waals surface area contributed by atoms with Gasteiger partial charge in [0.2, 0.25) is 5.95 Å². The summed E-state index contributed by atoms with van der Waals surface area (Å²) in [5.41, 5.74) is 5.98. The number of rotatable bonds is 4. The van der Waals surface area contributed by atoms with Crippen LogP contribution < -0.4 is 16.4 Å². The van der Waals surface area contributed by atoms with Crippen LogP contribution >= 0.6 is 0 Å². The summed E-state index contributed by atoms with van der Waals surface area (Å²) in [6.45, 7) is 0. The molecule has 0 radical (unpaired) electrons. The van der Waals surface area contributed by atoms with E-state index in [1.165, 1.54) is 18.3 Å². The van der Waals surface area contributed by atoms with Crippen molar-refractivity contribution in [3.8, 4) is 0 Å². The molecule has 1 saturated carbocycles. The predicted molar refractivity (Wildman–Crippen MR) is 107 cm³/mol. The van der Waals surface area contributed by atoms with E-state index in [1.807, 2.05) is 0 Å². The minimum absolute atomic E-state index is 0.135. The second-order valence-electron chi connectivity index (χ2n) is 7.50. The number of carbonyl (C=O) groups excluding carboxylic acids is 1. The summed E-state index contributed by atoms with van der Waals surface area (Å²) < 4.78 is 39.1. The third-order valence-electron chi connectivity index (χ3n) is 5.25. The van der Waals surface area contributed by atoms with Crippen molar-refractivity contribution >= 4 is 29.6 Å². The first-order valence-electron chi connectivity index (χ1n) is 9.74.